The van der Waals surface area contributed by atoms with E-state index in [1.165, 1.54) is 11.3 Å². The number of alkyl halides is 1. The lowest BCUT2D eigenvalue weighted by molar-refractivity contribution is -0.118. The van der Waals surface area contributed by atoms with Gasteiger partial charge in [0.1, 0.15) is 0 Å². The Kier molecular flexibility index (Phi) is 5.49. The molecule has 1 aromatic carbocycles. The van der Waals surface area contributed by atoms with Crippen LogP contribution in [-0.2, 0) is 4.79 Å². The molecule has 0 aliphatic rings. The first-order valence-corrected chi connectivity index (χ1v) is 8.24. The summed E-state index contributed by atoms with van der Waals surface area (Å²) in [5.41, 5.74) is 1.95. The van der Waals surface area contributed by atoms with Gasteiger partial charge in [-0.25, -0.2) is 4.98 Å². The van der Waals surface area contributed by atoms with Gasteiger partial charge in [0, 0.05) is 29.2 Å². The third kappa shape index (κ3) is 3.55. The zero-order chi connectivity index (χ0) is 14.4. The number of thiazole rings is 1. The first kappa shape index (κ1) is 14.9. The molecule has 0 fully saturated rings. The fraction of sp³-hybridized carbons (Fsp3) is 0.200. The topological polar surface area (TPSA) is 33.2 Å². The van der Waals surface area contributed by atoms with Crippen LogP contribution < -0.4 is 4.90 Å². The fourth-order valence-corrected chi connectivity index (χ4v) is 2.96. The maximum absolute atomic E-state index is 12.1. The van der Waals surface area contributed by atoms with Crippen molar-refractivity contribution in [2.45, 2.75) is 6.42 Å². The quantitative estimate of drug-likeness (QED) is 0.580. The van der Waals surface area contributed by atoms with Crippen LogP contribution in [0.2, 0.25) is 0 Å². The lowest BCUT2D eigenvalue weighted by Crippen LogP contribution is -2.30. The maximum Gasteiger partial charge on any atom is 0.229 e. The van der Waals surface area contributed by atoms with Crippen molar-refractivity contribution >= 4 is 38.3 Å². The monoisotopic (exact) mass is 350 g/mol. The number of hydrogen-bond acceptors (Lipinski definition) is 3. The van der Waals surface area contributed by atoms with E-state index in [0.29, 0.717) is 18.3 Å². The van der Waals surface area contributed by atoms with Gasteiger partial charge in [0.25, 0.3) is 0 Å². The summed E-state index contributed by atoms with van der Waals surface area (Å²) < 4.78 is 0. The Morgan fingerprint density at radius 1 is 1.40 bits per heavy atom. The number of halogens is 1. The average molecular weight is 351 g/mol. The van der Waals surface area contributed by atoms with E-state index in [-0.39, 0.29) is 5.91 Å². The van der Waals surface area contributed by atoms with Crippen molar-refractivity contribution < 1.29 is 4.79 Å². The molecule has 0 atom stereocenters. The van der Waals surface area contributed by atoms with Gasteiger partial charge in [-0.2, -0.15) is 0 Å². The number of carbonyl (C=O) groups is 1. The van der Waals surface area contributed by atoms with Crippen LogP contribution >= 0.6 is 27.3 Å². The Morgan fingerprint density at radius 2 is 2.15 bits per heavy atom. The Labute approximate surface area is 131 Å². The van der Waals surface area contributed by atoms with Crippen molar-refractivity contribution in [1.82, 2.24) is 4.98 Å². The van der Waals surface area contributed by atoms with Gasteiger partial charge in [0.05, 0.1) is 5.69 Å². The van der Waals surface area contributed by atoms with Crippen molar-refractivity contribution in [3.8, 4) is 11.3 Å². The largest absolute Gasteiger partial charge is 0.284 e. The molecule has 0 aliphatic heterocycles. The summed E-state index contributed by atoms with van der Waals surface area (Å²) in [7, 11) is 0. The van der Waals surface area contributed by atoms with E-state index in [1.807, 2.05) is 35.7 Å². The molecule has 1 aromatic heterocycles. The molecule has 0 radical (unpaired) electrons. The minimum atomic E-state index is 0.0516. The Morgan fingerprint density at radius 3 is 2.80 bits per heavy atom. The molecule has 0 unspecified atom stereocenters. The molecule has 1 amide bonds. The van der Waals surface area contributed by atoms with E-state index in [9.17, 15) is 4.79 Å². The number of amides is 1. The summed E-state index contributed by atoms with van der Waals surface area (Å²) in [5.74, 6) is 0.0516. The number of anilines is 1. The highest BCUT2D eigenvalue weighted by Crippen LogP contribution is 2.27. The first-order chi connectivity index (χ1) is 9.76. The predicted molar refractivity (Wildman–Crippen MR) is 88.5 cm³/mol. The van der Waals surface area contributed by atoms with E-state index in [4.69, 9.17) is 0 Å². The lowest BCUT2D eigenvalue weighted by Gasteiger charge is -2.17. The smallest absolute Gasteiger partial charge is 0.229 e. The molecule has 2 aromatic rings. The molecule has 0 aliphatic carbocycles. The van der Waals surface area contributed by atoms with Crippen LogP contribution in [0.15, 0.2) is 48.4 Å². The van der Waals surface area contributed by atoms with Gasteiger partial charge in [0.2, 0.25) is 5.91 Å². The summed E-state index contributed by atoms with van der Waals surface area (Å²) in [4.78, 5) is 18.3. The number of aromatic nitrogens is 1. The molecule has 20 heavy (non-hydrogen) atoms. The van der Waals surface area contributed by atoms with Crippen LogP contribution in [0.4, 0.5) is 5.13 Å². The van der Waals surface area contributed by atoms with Gasteiger partial charge < -0.3 is 0 Å². The molecular formula is C15H15BrN2OS. The second kappa shape index (κ2) is 7.36. The summed E-state index contributed by atoms with van der Waals surface area (Å²) in [6.45, 7) is 4.18. The molecule has 0 saturated heterocycles. The zero-order valence-electron chi connectivity index (χ0n) is 11.0. The van der Waals surface area contributed by atoms with Crippen molar-refractivity contribution in [1.29, 1.82) is 0 Å². The van der Waals surface area contributed by atoms with Crippen LogP contribution in [0.1, 0.15) is 6.42 Å². The molecule has 0 spiro atoms. The van der Waals surface area contributed by atoms with Crippen molar-refractivity contribution in [3.63, 3.8) is 0 Å². The van der Waals surface area contributed by atoms with E-state index < -0.39 is 0 Å². The molecule has 0 N–H and O–H groups in total. The van der Waals surface area contributed by atoms with E-state index in [0.717, 1.165) is 16.4 Å². The van der Waals surface area contributed by atoms with Crippen LogP contribution in [0.3, 0.4) is 0 Å². The molecule has 104 valence electrons. The molecule has 0 bridgehead atoms. The molecule has 0 saturated carbocycles. The Balaban J connectivity index is 2.25. The average Bonchev–Trinajstić information content (AvgIpc) is 2.95. The van der Waals surface area contributed by atoms with Gasteiger partial charge in [-0.15, -0.1) is 17.9 Å². The van der Waals surface area contributed by atoms with E-state index in [1.54, 1.807) is 11.0 Å². The fourth-order valence-electron chi connectivity index (χ4n) is 1.76. The summed E-state index contributed by atoms with van der Waals surface area (Å²) in [6, 6.07) is 9.95. The van der Waals surface area contributed by atoms with Crippen molar-refractivity contribution in [2.24, 2.45) is 0 Å². The van der Waals surface area contributed by atoms with Gasteiger partial charge in [0.15, 0.2) is 5.13 Å². The molecule has 1 heterocycles. The van der Waals surface area contributed by atoms with Gasteiger partial charge in [-0.1, -0.05) is 52.3 Å². The predicted octanol–water partition coefficient (Wildman–Crippen LogP) is 4.11. The highest BCUT2D eigenvalue weighted by Gasteiger charge is 2.17. The van der Waals surface area contributed by atoms with Crippen molar-refractivity contribution in [3.05, 3.63) is 48.4 Å². The van der Waals surface area contributed by atoms with Gasteiger partial charge in [-0.3, -0.25) is 9.69 Å². The standard InChI is InChI=1S/C15H15BrN2OS/c1-2-10-18(14(19)8-9-16)15-17-13(11-20-15)12-6-4-3-5-7-12/h2-7,11H,1,8-10H2. The van der Waals surface area contributed by atoms with Gasteiger partial charge in [-0.05, 0) is 0 Å². The Hall–Kier alpha value is -1.46. The minimum absolute atomic E-state index is 0.0516. The minimum Gasteiger partial charge on any atom is -0.284 e. The third-order valence-corrected chi connectivity index (χ3v) is 3.97. The molecule has 3 nitrogen and oxygen atoms in total. The second-order valence-electron chi connectivity index (χ2n) is 4.11. The van der Waals surface area contributed by atoms with E-state index in [2.05, 4.69) is 27.5 Å². The highest BCUT2D eigenvalue weighted by molar-refractivity contribution is 9.09. The number of hydrogen-bond donors (Lipinski definition) is 0. The SMILES string of the molecule is C=CCN(C(=O)CCBr)c1nc(-c2ccccc2)cs1. The lowest BCUT2D eigenvalue weighted by atomic mass is 10.2. The summed E-state index contributed by atoms with van der Waals surface area (Å²) in [6.07, 6.45) is 2.17. The van der Waals surface area contributed by atoms with Crippen LogP contribution in [0, 0.1) is 0 Å². The Bertz CT molecular complexity index is 583. The highest BCUT2D eigenvalue weighted by atomic mass is 79.9. The number of rotatable bonds is 6. The third-order valence-electron chi connectivity index (χ3n) is 2.71. The van der Waals surface area contributed by atoms with E-state index >= 15 is 0 Å². The van der Waals surface area contributed by atoms with Crippen LogP contribution in [0.5, 0.6) is 0 Å². The van der Waals surface area contributed by atoms with Crippen LogP contribution in [-0.4, -0.2) is 22.8 Å². The molecular weight excluding hydrogens is 336 g/mol. The molecule has 5 heteroatoms. The van der Waals surface area contributed by atoms with Crippen LogP contribution in [0.25, 0.3) is 11.3 Å². The molecule has 2 rings (SSSR count). The summed E-state index contributed by atoms with van der Waals surface area (Å²) >= 11 is 4.77. The number of nitrogens with zero attached hydrogens (tertiary/aromatic N) is 2. The van der Waals surface area contributed by atoms with Crippen molar-refractivity contribution in [2.75, 3.05) is 16.8 Å². The first-order valence-electron chi connectivity index (χ1n) is 6.24. The summed E-state index contributed by atoms with van der Waals surface area (Å²) in [5, 5.41) is 3.34. The number of carbonyl (C=O) groups excluding carboxylic acids is 1. The normalized spacial score (nSPS) is 10.2. The maximum atomic E-state index is 12.1. The zero-order valence-corrected chi connectivity index (χ0v) is 13.4. The number of benzene rings is 1. The van der Waals surface area contributed by atoms with Gasteiger partial charge >= 0.3 is 0 Å². The second-order valence-corrected chi connectivity index (χ2v) is 5.74.